The number of aliphatic hydroxyl groups is 2. The van der Waals surface area contributed by atoms with Crippen LogP contribution in [0.1, 0.15) is 34.6 Å². The summed E-state index contributed by atoms with van der Waals surface area (Å²) >= 11 is 0. The van der Waals surface area contributed by atoms with Gasteiger partial charge in [-0.05, 0) is 19.3 Å². The Morgan fingerprint density at radius 3 is 2.28 bits per heavy atom. The molecule has 0 saturated carbocycles. The Labute approximate surface area is 109 Å². The summed E-state index contributed by atoms with van der Waals surface area (Å²) < 4.78 is 11.5. The Morgan fingerprint density at radius 1 is 1.33 bits per heavy atom. The molecule has 0 aromatic rings. The van der Waals surface area contributed by atoms with E-state index in [2.05, 4.69) is 0 Å². The molecule has 0 aromatic carbocycles. The maximum atomic E-state index is 10.3. The highest BCUT2D eigenvalue weighted by Gasteiger charge is 2.47. The third kappa shape index (κ3) is 3.42. The van der Waals surface area contributed by atoms with Crippen LogP contribution >= 0.6 is 0 Å². The van der Waals surface area contributed by atoms with E-state index in [1.54, 1.807) is 0 Å². The first-order valence-electron chi connectivity index (χ1n) is 6.54. The molecule has 5 nitrogen and oxygen atoms in total. The second-order valence-electron chi connectivity index (χ2n) is 6.36. The van der Waals surface area contributed by atoms with Crippen LogP contribution < -0.4 is 5.73 Å². The molecular formula is C13H27NO4. The molecule has 4 N–H and O–H groups in total. The highest BCUT2D eigenvalue weighted by Crippen LogP contribution is 2.33. The fourth-order valence-electron chi connectivity index (χ4n) is 2.39. The summed E-state index contributed by atoms with van der Waals surface area (Å²) in [5.41, 5.74) is 5.86. The molecule has 0 spiro atoms. The molecule has 0 aromatic heterocycles. The number of hydrogen-bond donors (Lipinski definition) is 3. The van der Waals surface area contributed by atoms with Gasteiger partial charge in [0.1, 0.15) is 18.3 Å². The molecule has 1 rings (SSSR count). The van der Waals surface area contributed by atoms with Crippen LogP contribution in [-0.2, 0) is 9.47 Å². The molecule has 5 unspecified atom stereocenters. The zero-order chi connectivity index (χ0) is 14.1. The monoisotopic (exact) mass is 261 g/mol. The molecule has 108 valence electrons. The smallest absolute Gasteiger partial charge is 0.114 e. The summed E-state index contributed by atoms with van der Waals surface area (Å²) in [5.74, 6) is 0. The van der Waals surface area contributed by atoms with E-state index >= 15 is 0 Å². The van der Waals surface area contributed by atoms with E-state index in [1.165, 1.54) is 0 Å². The lowest BCUT2D eigenvalue weighted by Crippen LogP contribution is -2.65. The van der Waals surface area contributed by atoms with Gasteiger partial charge in [-0.15, -0.1) is 0 Å². The second-order valence-corrected chi connectivity index (χ2v) is 6.36. The van der Waals surface area contributed by atoms with Crippen LogP contribution in [0.5, 0.6) is 0 Å². The van der Waals surface area contributed by atoms with Crippen molar-refractivity contribution in [3.63, 3.8) is 0 Å². The van der Waals surface area contributed by atoms with Crippen LogP contribution in [-0.4, -0.2) is 53.4 Å². The number of hydrogen-bond acceptors (Lipinski definition) is 5. The van der Waals surface area contributed by atoms with Gasteiger partial charge in [-0.3, -0.25) is 0 Å². The van der Waals surface area contributed by atoms with Crippen molar-refractivity contribution < 1.29 is 19.7 Å². The van der Waals surface area contributed by atoms with E-state index in [9.17, 15) is 10.2 Å². The average Bonchev–Trinajstić information content (AvgIpc) is 2.23. The van der Waals surface area contributed by atoms with Gasteiger partial charge in [0, 0.05) is 0 Å². The number of nitrogens with two attached hydrogens (primary N) is 1. The van der Waals surface area contributed by atoms with Crippen LogP contribution in [0.15, 0.2) is 0 Å². The van der Waals surface area contributed by atoms with Crippen molar-refractivity contribution >= 4 is 0 Å². The van der Waals surface area contributed by atoms with Crippen LogP contribution in [0.3, 0.4) is 0 Å². The Hall–Kier alpha value is -0.200. The lowest BCUT2D eigenvalue weighted by molar-refractivity contribution is -0.232. The summed E-state index contributed by atoms with van der Waals surface area (Å²) in [4.78, 5) is 0. The number of aliphatic hydroxyl groups excluding tert-OH is 2. The zero-order valence-corrected chi connectivity index (χ0v) is 12.0. The minimum Gasteiger partial charge on any atom is -0.394 e. The van der Waals surface area contributed by atoms with Gasteiger partial charge < -0.3 is 25.4 Å². The number of rotatable bonds is 3. The highest BCUT2D eigenvalue weighted by atomic mass is 16.6. The Morgan fingerprint density at radius 2 is 1.89 bits per heavy atom. The molecule has 0 radical (unpaired) electrons. The lowest BCUT2D eigenvalue weighted by atomic mass is 9.79. The van der Waals surface area contributed by atoms with Crippen molar-refractivity contribution in [1.29, 1.82) is 0 Å². The first-order chi connectivity index (χ1) is 8.18. The SMILES string of the molecule is CC(C)OC1C(CO)OC(C(C)(C)C)C(N)C1O. The van der Waals surface area contributed by atoms with Crippen molar-refractivity contribution in [2.45, 2.75) is 71.2 Å². The fourth-order valence-corrected chi connectivity index (χ4v) is 2.39. The molecule has 0 aliphatic carbocycles. The summed E-state index contributed by atoms with van der Waals surface area (Å²) in [6.07, 6.45) is -2.31. The van der Waals surface area contributed by atoms with Gasteiger partial charge in [0.15, 0.2) is 0 Å². The second kappa shape index (κ2) is 5.84. The molecule has 18 heavy (non-hydrogen) atoms. The lowest BCUT2D eigenvalue weighted by Gasteiger charge is -2.47. The topological polar surface area (TPSA) is 84.9 Å². The first-order valence-corrected chi connectivity index (χ1v) is 6.54. The van der Waals surface area contributed by atoms with E-state index in [-0.39, 0.29) is 24.2 Å². The third-order valence-corrected chi connectivity index (χ3v) is 3.23. The van der Waals surface area contributed by atoms with Crippen molar-refractivity contribution in [1.82, 2.24) is 0 Å². The van der Waals surface area contributed by atoms with Gasteiger partial charge >= 0.3 is 0 Å². The van der Waals surface area contributed by atoms with E-state index in [0.717, 1.165) is 0 Å². The minimum absolute atomic E-state index is 0.0549. The van der Waals surface area contributed by atoms with Gasteiger partial charge in [0.05, 0.1) is 24.9 Å². The maximum absolute atomic E-state index is 10.3. The summed E-state index contributed by atoms with van der Waals surface area (Å²) in [6.45, 7) is 9.58. The Balaban J connectivity index is 2.88. The molecule has 5 heteroatoms. The molecule has 0 amide bonds. The predicted molar refractivity (Wildman–Crippen MR) is 69.2 cm³/mol. The molecule has 0 bridgehead atoms. The van der Waals surface area contributed by atoms with Gasteiger partial charge in [-0.2, -0.15) is 0 Å². The minimum atomic E-state index is -0.831. The van der Waals surface area contributed by atoms with Crippen LogP contribution in [0.4, 0.5) is 0 Å². The standard InChI is InChI=1S/C13H27NO4/c1-7(2)17-11-8(6-15)18-12(13(3,4)5)9(14)10(11)16/h7-12,15-16H,6,14H2,1-5H3. The quantitative estimate of drug-likeness (QED) is 0.679. The molecule has 1 fully saturated rings. The molecular weight excluding hydrogens is 234 g/mol. The Bertz CT molecular complexity index is 262. The summed E-state index contributed by atoms with van der Waals surface area (Å²) in [6, 6.07) is -0.517. The first kappa shape index (κ1) is 15.9. The number of ether oxygens (including phenoxy) is 2. The van der Waals surface area contributed by atoms with Gasteiger partial charge in [0.25, 0.3) is 0 Å². The average molecular weight is 261 g/mol. The van der Waals surface area contributed by atoms with Crippen molar-refractivity contribution in [3.8, 4) is 0 Å². The van der Waals surface area contributed by atoms with E-state index in [4.69, 9.17) is 15.2 Å². The summed E-state index contributed by atoms with van der Waals surface area (Å²) in [7, 11) is 0. The normalized spacial score (nSPS) is 38.2. The summed E-state index contributed by atoms with van der Waals surface area (Å²) in [5, 5.41) is 19.7. The van der Waals surface area contributed by atoms with Crippen LogP contribution in [0.2, 0.25) is 0 Å². The van der Waals surface area contributed by atoms with E-state index in [1.807, 2.05) is 34.6 Å². The van der Waals surface area contributed by atoms with Gasteiger partial charge in [-0.25, -0.2) is 0 Å². The molecule has 1 aliphatic heterocycles. The van der Waals surface area contributed by atoms with Crippen molar-refractivity contribution in [2.24, 2.45) is 11.1 Å². The Kier molecular flexibility index (Phi) is 5.14. The largest absolute Gasteiger partial charge is 0.394 e. The fraction of sp³-hybridized carbons (Fsp3) is 1.00. The van der Waals surface area contributed by atoms with Gasteiger partial charge in [-0.1, -0.05) is 20.8 Å². The molecule has 1 heterocycles. The maximum Gasteiger partial charge on any atom is 0.114 e. The van der Waals surface area contributed by atoms with E-state index < -0.39 is 24.4 Å². The van der Waals surface area contributed by atoms with Crippen molar-refractivity contribution in [2.75, 3.05) is 6.61 Å². The van der Waals surface area contributed by atoms with Gasteiger partial charge in [0.2, 0.25) is 0 Å². The zero-order valence-electron chi connectivity index (χ0n) is 12.0. The predicted octanol–water partition coefficient (Wildman–Crippen LogP) is 0.274. The molecule has 1 aliphatic rings. The highest BCUT2D eigenvalue weighted by molar-refractivity contribution is 4.99. The molecule has 5 atom stereocenters. The third-order valence-electron chi connectivity index (χ3n) is 3.23. The molecule has 1 saturated heterocycles. The van der Waals surface area contributed by atoms with Crippen LogP contribution in [0.25, 0.3) is 0 Å². The van der Waals surface area contributed by atoms with Crippen molar-refractivity contribution in [3.05, 3.63) is 0 Å². The van der Waals surface area contributed by atoms with Crippen LogP contribution in [0, 0.1) is 5.41 Å². The van der Waals surface area contributed by atoms with E-state index in [0.29, 0.717) is 0 Å².